The summed E-state index contributed by atoms with van der Waals surface area (Å²) in [6, 6.07) is 18.4. The number of hydrogen-bond donors (Lipinski definition) is 1. The van der Waals surface area contributed by atoms with Crippen LogP contribution in [0.3, 0.4) is 0 Å². The van der Waals surface area contributed by atoms with E-state index in [1.54, 1.807) is 6.07 Å². The molecule has 1 saturated heterocycles. The first-order valence-electron chi connectivity index (χ1n) is 10.7. The highest BCUT2D eigenvalue weighted by molar-refractivity contribution is 5.93. The smallest absolute Gasteiger partial charge is 0.273 e. The van der Waals surface area contributed by atoms with Gasteiger partial charge in [0.15, 0.2) is 11.5 Å². The summed E-state index contributed by atoms with van der Waals surface area (Å²) in [5, 5.41) is 7.08. The van der Waals surface area contributed by atoms with Crippen LogP contribution in [0, 0.1) is 13.8 Å². The van der Waals surface area contributed by atoms with Gasteiger partial charge < -0.3 is 9.84 Å². The first-order chi connectivity index (χ1) is 14.6. The maximum atomic E-state index is 12.8. The Labute approximate surface area is 178 Å². The van der Waals surface area contributed by atoms with Gasteiger partial charge in [-0.15, -0.1) is 0 Å². The van der Waals surface area contributed by atoms with Gasteiger partial charge in [0.05, 0.1) is 6.04 Å². The molecule has 5 heteroatoms. The Kier molecular flexibility index (Phi) is 6.29. The Balaban J connectivity index is 1.46. The zero-order chi connectivity index (χ0) is 20.9. The molecule has 0 saturated carbocycles. The zero-order valence-electron chi connectivity index (χ0n) is 17.7. The minimum absolute atomic E-state index is 0.168. The molecule has 1 atom stereocenters. The van der Waals surface area contributed by atoms with E-state index in [4.69, 9.17) is 4.52 Å². The Morgan fingerprint density at radius 1 is 1.03 bits per heavy atom. The van der Waals surface area contributed by atoms with E-state index in [1.165, 1.54) is 36.0 Å². The van der Waals surface area contributed by atoms with Crippen molar-refractivity contribution in [2.45, 2.75) is 39.2 Å². The second kappa shape index (κ2) is 9.26. The van der Waals surface area contributed by atoms with E-state index in [-0.39, 0.29) is 11.9 Å². The van der Waals surface area contributed by atoms with E-state index in [2.05, 4.69) is 65.6 Å². The lowest BCUT2D eigenvalue weighted by molar-refractivity contribution is 0.0915. The molecule has 1 aliphatic heterocycles. The molecule has 4 rings (SSSR count). The van der Waals surface area contributed by atoms with Crippen LogP contribution in [0.5, 0.6) is 0 Å². The minimum Gasteiger partial charge on any atom is -0.355 e. The summed E-state index contributed by atoms with van der Waals surface area (Å²) in [5.41, 5.74) is 4.88. The average molecular weight is 404 g/mol. The molecule has 1 unspecified atom stereocenters. The van der Waals surface area contributed by atoms with Crippen LogP contribution >= 0.6 is 0 Å². The molecule has 3 aromatic rings. The molecule has 0 radical (unpaired) electrons. The van der Waals surface area contributed by atoms with E-state index < -0.39 is 0 Å². The lowest BCUT2D eigenvalue weighted by Crippen LogP contribution is -2.40. The van der Waals surface area contributed by atoms with E-state index in [9.17, 15) is 4.79 Å². The standard InChI is InChI=1S/C25H29N3O2/c1-18-11-12-21(15-19(18)2)24-16-22(27-30-24)25(29)26-17-23(20-9-5-3-6-10-20)28-13-7-4-8-14-28/h3,5-6,9-12,15-16,23H,4,7-8,13-14,17H2,1-2H3,(H,26,29). The number of rotatable bonds is 6. The first-order valence-corrected chi connectivity index (χ1v) is 10.7. The van der Waals surface area contributed by atoms with E-state index in [1.807, 2.05) is 12.1 Å². The number of benzene rings is 2. The molecule has 1 fully saturated rings. The van der Waals surface area contributed by atoms with Crippen molar-refractivity contribution in [1.29, 1.82) is 0 Å². The number of aromatic nitrogens is 1. The van der Waals surface area contributed by atoms with Crippen LogP contribution in [0.1, 0.15) is 52.5 Å². The van der Waals surface area contributed by atoms with Gasteiger partial charge in [-0.3, -0.25) is 9.69 Å². The first kappa shape index (κ1) is 20.4. The number of piperidine rings is 1. The predicted molar refractivity (Wildman–Crippen MR) is 118 cm³/mol. The van der Waals surface area contributed by atoms with Crippen molar-refractivity contribution in [3.05, 3.63) is 77.0 Å². The van der Waals surface area contributed by atoms with Crippen molar-refractivity contribution in [3.8, 4) is 11.3 Å². The normalized spacial score (nSPS) is 15.7. The van der Waals surface area contributed by atoms with Crippen LogP contribution in [-0.4, -0.2) is 35.6 Å². The predicted octanol–water partition coefficient (Wildman–Crippen LogP) is 4.92. The third-order valence-corrected chi connectivity index (χ3v) is 6.01. The number of likely N-dealkylation sites (tertiary alicyclic amines) is 1. The number of carbonyl (C=O) groups is 1. The third kappa shape index (κ3) is 4.62. The maximum Gasteiger partial charge on any atom is 0.273 e. The lowest BCUT2D eigenvalue weighted by Gasteiger charge is -2.35. The van der Waals surface area contributed by atoms with Crippen LogP contribution in [0.4, 0.5) is 0 Å². The van der Waals surface area contributed by atoms with Gasteiger partial charge in [-0.1, -0.05) is 54.0 Å². The molecule has 0 spiro atoms. The molecule has 2 aromatic carbocycles. The summed E-state index contributed by atoms with van der Waals surface area (Å²) in [5.74, 6) is 0.408. The number of hydrogen-bond acceptors (Lipinski definition) is 4. The quantitative estimate of drug-likeness (QED) is 0.635. The average Bonchev–Trinajstić information content (AvgIpc) is 3.28. The Morgan fingerprint density at radius 3 is 2.53 bits per heavy atom. The van der Waals surface area contributed by atoms with Crippen LogP contribution in [0.15, 0.2) is 59.1 Å². The molecule has 1 amide bonds. The molecule has 0 aliphatic carbocycles. The van der Waals surface area contributed by atoms with Gasteiger partial charge in [0.2, 0.25) is 0 Å². The highest BCUT2D eigenvalue weighted by Gasteiger charge is 2.23. The molecule has 0 bridgehead atoms. The van der Waals surface area contributed by atoms with Crippen LogP contribution in [0.25, 0.3) is 11.3 Å². The monoisotopic (exact) mass is 403 g/mol. The van der Waals surface area contributed by atoms with Crippen LogP contribution in [-0.2, 0) is 0 Å². The van der Waals surface area contributed by atoms with Gasteiger partial charge in [0.1, 0.15) is 0 Å². The second-order valence-corrected chi connectivity index (χ2v) is 8.11. The molecular formula is C25H29N3O2. The van der Waals surface area contributed by atoms with Crippen LogP contribution in [0.2, 0.25) is 0 Å². The zero-order valence-corrected chi connectivity index (χ0v) is 17.7. The van der Waals surface area contributed by atoms with Crippen molar-refractivity contribution in [2.24, 2.45) is 0 Å². The molecule has 1 aromatic heterocycles. The Hall–Kier alpha value is -2.92. The summed E-state index contributed by atoms with van der Waals surface area (Å²) in [6.07, 6.45) is 3.70. The van der Waals surface area contributed by atoms with Gasteiger partial charge in [-0.2, -0.15) is 0 Å². The lowest BCUT2D eigenvalue weighted by atomic mass is 10.0. The summed E-state index contributed by atoms with van der Waals surface area (Å²) >= 11 is 0. The van der Waals surface area contributed by atoms with E-state index >= 15 is 0 Å². The molecule has 156 valence electrons. The van der Waals surface area contributed by atoms with Gasteiger partial charge in [0, 0.05) is 18.2 Å². The topological polar surface area (TPSA) is 58.4 Å². The van der Waals surface area contributed by atoms with E-state index in [0.717, 1.165) is 18.7 Å². The molecule has 5 nitrogen and oxygen atoms in total. The number of nitrogens with one attached hydrogen (secondary N) is 1. The van der Waals surface area contributed by atoms with Crippen molar-refractivity contribution in [1.82, 2.24) is 15.4 Å². The van der Waals surface area contributed by atoms with Gasteiger partial charge in [0.25, 0.3) is 5.91 Å². The molecule has 30 heavy (non-hydrogen) atoms. The number of nitrogens with zero attached hydrogens (tertiary/aromatic N) is 2. The van der Waals surface area contributed by atoms with Gasteiger partial charge >= 0.3 is 0 Å². The van der Waals surface area contributed by atoms with Gasteiger partial charge in [-0.25, -0.2) is 0 Å². The van der Waals surface area contributed by atoms with E-state index in [0.29, 0.717) is 18.0 Å². The highest BCUT2D eigenvalue weighted by Crippen LogP contribution is 2.25. The number of aryl methyl sites for hydroxylation is 2. The largest absolute Gasteiger partial charge is 0.355 e. The number of carbonyl (C=O) groups excluding carboxylic acids is 1. The molecule has 2 heterocycles. The molecular weight excluding hydrogens is 374 g/mol. The second-order valence-electron chi connectivity index (χ2n) is 8.11. The Morgan fingerprint density at radius 2 is 1.80 bits per heavy atom. The Bertz CT molecular complexity index is 991. The summed E-state index contributed by atoms with van der Waals surface area (Å²) in [7, 11) is 0. The molecule has 1 aliphatic rings. The SMILES string of the molecule is Cc1ccc(-c2cc(C(=O)NCC(c3ccccc3)N3CCCCC3)no2)cc1C. The number of amides is 1. The molecule has 1 N–H and O–H groups in total. The minimum atomic E-state index is -0.202. The third-order valence-electron chi connectivity index (χ3n) is 6.01. The van der Waals surface area contributed by atoms with Crippen molar-refractivity contribution < 1.29 is 9.32 Å². The maximum absolute atomic E-state index is 12.8. The fourth-order valence-corrected chi connectivity index (χ4v) is 4.06. The summed E-state index contributed by atoms with van der Waals surface area (Å²) in [6.45, 7) is 6.82. The fraction of sp³-hybridized carbons (Fsp3) is 0.360. The highest BCUT2D eigenvalue weighted by atomic mass is 16.5. The van der Waals surface area contributed by atoms with Crippen molar-refractivity contribution in [3.63, 3.8) is 0 Å². The fourth-order valence-electron chi connectivity index (χ4n) is 4.06. The summed E-state index contributed by atoms with van der Waals surface area (Å²) in [4.78, 5) is 15.3. The van der Waals surface area contributed by atoms with Crippen molar-refractivity contribution >= 4 is 5.91 Å². The van der Waals surface area contributed by atoms with Gasteiger partial charge in [-0.05, 0) is 62.5 Å². The van der Waals surface area contributed by atoms with Crippen molar-refractivity contribution in [2.75, 3.05) is 19.6 Å². The summed E-state index contributed by atoms with van der Waals surface area (Å²) < 4.78 is 5.45. The van der Waals surface area contributed by atoms with Crippen LogP contribution < -0.4 is 5.32 Å².